The lowest BCUT2D eigenvalue weighted by Crippen LogP contribution is -2.26. The maximum absolute atomic E-state index is 13.2. The Labute approximate surface area is 219 Å². The average molecular weight is 490 g/mol. The molecule has 188 valence electrons. The Morgan fingerprint density at radius 1 is 1.08 bits per heavy atom. The minimum atomic E-state index is -0.529. The summed E-state index contributed by atoms with van der Waals surface area (Å²) in [6.45, 7) is 10.9. The first-order valence-corrected chi connectivity index (χ1v) is 13.2. The van der Waals surface area contributed by atoms with Crippen LogP contribution in [0, 0.1) is 25.2 Å². The third-order valence-electron chi connectivity index (χ3n) is 7.98. The number of carbonyl (C=O) groups excluding carboxylic acids is 1. The van der Waals surface area contributed by atoms with Crippen LogP contribution in [-0.2, 0) is 12.0 Å². The molecule has 37 heavy (non-hydrogen) atoms. The highest BCUT2D eigenvalue weighted by atomic mass is 16.1. The zero-order chi connectivity index (χ0) is 26.3. The van der Waals surface area contributed by atoms with Gasteiger partial charge >= 0.3 is 0 Å². The van der Waals surface area contributed by atoms with Crippen molar-refractivity contribution in [3.8, 4) is 6.07 Å². The molecule has 3 aromatic carbocycles. The molecule has 1 heterocycles. The molecule has 0 aliphatic heterocycles. The fourth-order valence-corrected chi connectivity index (χ4v) is 5.16. The third-order valence-corrected chi connectivity index (χ3v) is 7.98. The molecule has 1 aromatic heterocycles. The Morgan fingerprint density at radius 3 is 2.57 bits per heavy atom. The van der Waals surface area contributed by atoms with Crippen LogP contribution in [0.25, 0.3) is 10.9 Å². The predicted molar refractivity (Wildman–Crippen MR) is 150 cm³/mol. The van der Waals surface area contributed by atoms with Gasteiger partial charge in [0.1, 0.15) is 0 Å². The van der Waals surface area contributed by atoms with E-state index in [0.717, 1.165) is 27.6 Å². The van der Waals surface area contributed by atoms with Gasteiger partial charge in [-0.1, -0.05) is 48.5 Å². The Hall–Kier alpha value is -3.84. The number of hydrogen-bond acceptors (Lipinski definition) is 2. The molecule has 1 amide bonds. The summed E-state index contributed by atoms with van der Waals surface area (Å²) in [5.41, 5.74) is 8.34. The zero-order valence-corrected chi connectivity index (χ0v) is 22.4. The van der Waals surface area contributed by atoms with Crippen molar-refractivity contribution in [1.82, 2.24) is 9.88 Å². The van der Waals surface area contributed by atoms with Crippen molar-refractivity contribution in [2.75, 3.05) is 0 Å². The second kappa shape index (κ2) is 9.56. The summed E-state index contributed by atoms with van der Waals surface area (Å²) in [4.78, 5) is 13.2. The molecule has 1 N–H and O–H groups in total. The minimum Gasteiger partial charge on any atom is -0.346 e. The van der Waals surface area contributed by atoms with Gasteiger partial charge in [-0.3, -0.25) is 4.79 Å². The smallest absolute Gasteiger partial charge is 0.251 e. The number of hydrogen-bond donors (Lipinski definition) is 1. The number of aromatic nitrogens is 1. The molecule has 0 bridgehead atoms. The van der Waals surface area contributed by atoms with Crippen LogP contribution < -0.4 is 5.32 Å². The summed E-state index contributed by atoms with van der Waals surface area (Å²) in [5.74, 6) is 0.642. The van der Waals surface area contributed by atoms with E-state index in [4.69, 9.17) is 0 Å². The molecular weight excluding hydrogens is 454 g/mol. The predicted octanol–water partition coefficient (Wildman–Crippen LogP) is 7.48. The van der Waals surface area contributed by atoms with Gasteiger partial charge in [-0.15, -0.1) is 0 Å². The molecule has 4 nitrogen and oxygen atoms in total. The van der Waals surface area contributed by atoms with E-state index in [1.54, 1.807) is 0 Å². The van der Waals surface area contributed by atoms with Gasteiger partial charge in [-0.05, 0) is 99.4 Å². The maximum atomic E-state index is 13.2. The van der Waals surface area contributed by atoms with Crippen molar-refractivity contribution in [2.24, 2.45) is 0 Å². The largest absolute Gasteiger partial charge is 0.346 e. The molecule has 4 heteroatoms. The van der Waals surface area contributed by atoms with Crippen LogP contribution in [-0.4, -0.2) is 10.5 Å². The van der Waals surface area contributed by atoms with Gasteiger partial charge in [0.15, 0.2) is 0 Å². The van der Waals surface area contributed by atoms with Crippen LogP contribution in [0.5, 0.6) is 0 Å². The maximum Gasteiger partial charge on any atom is 0.251 e. The van der Waals surface area contributed by atoms with E-state index in [0.29, 0.717) is 18.0 Å². The number of fused-ring (bicyclic) bond motifs is 1. The molecular formula is C33H35N3O. The van der Waals surface area contributed by atoms with Gasteiger partial charge in [0.2, 0.25) is 0 Å². The van der Waals surface area contributed by atoms with Crippen LogP contribution >= 0.6 is 0 Å². The van der Waals surface area contributed by atoms with Gasteiger partial charge in [0, 0.05) is 28.7 Å². The summed E-state index contributed by atoms with van der Waals surface area (Å²) in [6, 6.07) is 25.3. The van der Waals surface area contributed by atoms with E-state index >= 15 is 0 Å². The van der Waals surface area contributed by atoms with E-state index in [2.05, 4.69) is 79.2 Å². The molecule has 0 radical (unpaired) electrons. The minimum absolute atomic E-state index is 0.0533. The van der Waals surface area contributed by atoms with Gasteiger partial charge in [0.25, 0.3) is 5.91 Å². The van der Waals surface area contributed by atoms with E-state index < -0.39 is 5.41 Å². The average Bonchev–Trinajstić information content (AvgIpc) is 3.73. The standard InChI is InChI=1S/C33H35N3O/c1-21-23(3)36(19-24-8-6-11-29(16-24)33(4,5)20-34)31-15-14-28(18-30(21)31)32(37)35-22(2)26-9-7-10-27(17-26)25-12-13-25/h6-11,14-18,22,25H,12-13,19H2,1-5H3,(H,35,37). The molecule has 1 unspecified atom stereocenters. The van der Waals surface area contributed by atoms with Crippen molar-refractivity contribution in [3.05, 3.63) is 106 Å². The lowest BCUT2D eigenvalue weighted by atomic mass is 9.85. The molecule has 1 saturated carbocycles. The monoisotopic (exact) mass is 489 g/mol. The number of nitrogens with one attached hydrogen (secondary N) is 1. The van der Waals surface area contributed by atoms with E-state index in [-0.39, 0.29) is 11.9 Å². The van der Waals surface area contributed by atoms with Gasteiger partial charge < -0.3 is 9.88 Å². The second-order valence-electron chi connectivity index (χ2n) is 11.1. The fourth-order valence-electron chi connectivity index (χ4n) is 5.16. The third kappa shape index (κ3) is 4.91. The molecule has 4 aromatic rings. The lowest BCUT2D eigenvalue weighted by Gasteiger charge is -2.17. The summed E-state index contributed by atoms with van der Waals surface area (Å²) < 4.78 is 2.30. The number of nitrogens with zero attached hydrogens (tertiary/aromatic N) is 2. The number of rotatable bonds is 7. The van der Waals surface area contributed by atoms with Gasteiger partial charge in [-0.2, -0.15) is 5.26 Å². The van der Waals surface area contributed by atoms with E-state index in [1.165, 1.54) is 29.7 Å². The first-order valence-electron chi connectivity index (χ1n) is 13.2. The van der Waals surface area contributed by atoms with E-state index in [9.17, 15) is 10.1 Å². The molecule has 1 aliphatic carbocycles. The van der Waals surface area contributed by atoms with E-state index in [1.807, 2.05) is 38.1 Å². The quantitative estimate of drug-likeness (QED) is 0.293. The van der Waals surface area contributed by atoms with Crippen LogP contribution in [0.1, 0.15) is 89.4 Å². The highest BCUT2D eigenvalue weighted by Gasteiger charge is 2.24. The summed E-state index contributed by atoms with van der Waals surface area (Å²) >= 11 is 0. The van der Waals surface area contributed by atoms with Crippen LogP contribution in [0.15, 0.2) is 66.7 Å². The summed E-state index contributed by atoms with van der Waals surface area (Å²) in [5, 5.41) is 13.9. The zero-order valence-electron chi connectivity index (χ0n) is 22.4. The Morgan fingerprint density at radius 2 is 1.84 bits per heavy atom. The van der Waals surface area contributed by atoms with Crippen molar-refractivity contribution in [3.63, 3.8) is 0 Å². The van der Waals surface area contributed by atoms with Crippen molar-refractivity contribution >= 4 is 16.8 Å². The number of benzene rings is 3. The van der Waals surface area contributed by atoms with Crippen LogP contribution in [0.2, 0.25) is 0 Å². The second-order valence-corrected chi connectivity index (χ2v) is 11.1. The number of carbonyl (C=O) groups is 1. The molecule has 1 atom stereocenters. The highest BCUT2D eigenvalue weighted by Crippen LogP contribution is 2.40. The molecule has 1 fully saturated rings. The number of nitriles is 1. The number of amides is 1. The first-order chi connectivity index (χ1) is 17.7. The van der Waals surface area contributed by atoms with Gasteiger partial charge in [-0.25, -0.2) is 0 Å². The molecule has 0 spiro atoms. The fraction of sp³-hybridized carbons (Fsp3) is 0.333. The van der Waals surface area contributed by atoms with Crippen molar-refractivity contribution in [2.45, 2.75) is 71.4 Å². The number of aryl methyl sites for hydroxylation is 1. The summed E-state index contributed by atoms with van der Waals surface area (Å²) in [6.07, 6.45) is 2.54. The van der Waals surface area contributed by atoms with Crippen molar-refractivity contribution in [1.29, 1.82) is 5.26 Å². The Kier molecular flexibility index (Phi) is 6.42. The lowest BCUT2D eigenvalue weighted by molar-refractivity contribution is 0.0940. The SMILES string of the molecule is Cc1c(C)n(Cc2cccc(C(C)(C)C#N)c2)c2ccc(C(=O)NC(C)c3cccc(C4CC4)c3)cc12. The highest BCUT2D eigenvalue weighted by molar-refractivity contribution is 5.99. The molecule has 1 aliphatic rings. The Bertz CT molecular complexity index is 1530. The molecule has 0 saturated heterocycles. The molecule has 5 rings (SSSR count). The topological polar surface area (TPSA) is 57.8 Å². The van der Waals surface area contributed by atoms with Crippen LogP contribution in [0.4, 0.5) is 0 Å². The van der Waals surface area contributed by atoms with Gasteiger partial charge in [0.05, 0.1) is 17.5 Å². The normalized spacial score (nSPS) is 14.4. The van der Waals surface area contributed by atoms with Crippen molar-refractivity contribution < 1.29 is 4.79 Å². The first kappa shape index (κ1) is 24.8. The van der Waals surface area contributed by atoms with Crippen LogP contribution in [0.3, 0.4) is 0 Å². The summed E-state index contributed by atoms with van der Waals surface area (Å²) in [7, 11) is 0. The Balaban J connectivity index is 1.39.